The zero-order chi connectivity index (χ0) is 18.1. The summed E-state index contributed by atoms with van der Waals surface area (Å²) in [5, 5.41) is 1.79. The van der Waals surface area contributed by atoms with Crippen LogP contribution in [0, 0.1) is 0 Å². The van der Waals surface area contributed by atoms with Crippen molar-refractivity contribution in [1.82, 2.24) is 0 Å². The summed E-state index contributed by atoms with van der Waals surface area (Å²) in [5.74, 6) is 0.306. The highest BCUT2D eigenvalue weighted by molar-refractivity contribution is 6.13. The Morgan fingerprint density at radius 1 is 0.846 bits per heavy atom. The summed E-state index contributed by atoms with van der Waals surface area (Å²) >= 11 is 0. The first-order valence-electron chi connectivity index (χ1n) is 8.80. The average molecular weight is 342 g/mol. The molecule has 128 valence electrons. The molecule has 0 bridgehead atoms. The maximum Gasteiger partial charge on any atom is 0.345 e. The van der Waals surface area contributed by atoms with Gasteiger partial charge < -0.3 is 4.74 Å². The van der Waals surface area contributed by atoms with Gasteiger partial charge in [-0.3, -0.25) is 0 Å². The first kappa shape index (κ1) is 16.3. The molecule has 0 saturated carbocycles. The molecule has 0 saturated heterocycles. The van der Waals surface area contributed by atoms with Crippen molar-refractivity contribution in [2.24, 2.45) is 7.05 Å². The zero-order valence-electron chi connectivity index (χ0n) is 14.9. The summed E-state index contributed by atoms with van der Waals surface area (Å²) in [6.07, 6.45) is 0.814. The Morgan fingerprint density at radius 3 is 2.00 bits per heavy atom. The number of pyridine rings is 1. The van der Waals surface area contributed by atoms with Gasteiger partial charge in [-0.05, 0) is 30.2 Å². The van der Waals surface area contributed by atoms with E-state index in [2.05, 4.69) is 11.5 Å². The zero-order valence-corrected chi connectivity index (χ0v) is 14.9. The van der Waals surface area contributed by atoms with Crippen molar-refractivity contribution in [2.45, 2.75) is 13.3 Å². The lowest BCUT2D eigenvalue weighted by Crippen LogP contribution is -2.31. The van der Waals surface area contributed by atoms with E-state index in [0.29, 0.717) is 11.3 Å². The van der Waals surface area contributed by atoms with Crippen molar-refractivity contribution in [3.63, 3.8) is 0 Å². The van der Waals surface area contributed by atoms with Crippen LogP contribution in [0.15, 0.2) is 72.8 Å². The summed E-state index contributed by atoms with van der Waals surface area (Å²) in [6.45, 7) is 2.06. The highest BCUT2D eigenvalue weighted by Gasteiger charge is 2.23. The Labute approximate surface area is 152 Å². The molecule has 0 amide bonds. The lowest BCUT2D eigenvalue weighted by Gasteiger charge is -2.12. The van der Waals surface area contributed by atoms with E-state index in [1.807, 2.05) is 79.8 Å². The van der Waals surface area contributed by atoms with Gasteiger partial charge in [-0.25, -0.2) is 4.79 Å². The standard InChI is InChI=1S/C23H20NO2/c1-3-16-10-4-9-15-21(16)26-23(25)22-17-11-5-7-13-19(17)24(2)20-14-8-6-12-18(20)22/h4-15H,3H2,1-2H3/q+1. The topological polar surface area (TPSA) is 30.2 Å². The van der Waals surface area contributed by atoms with Gasteiger partial charge in [0.1, 0.15) is 12.8 Å². The van der Waals surface area contributed by atoms with E-state index in [0.717, 1.165) is 33.8 Å². The minimum absolute atomic E-state index is 0.320. The Morgan fingerprint density at radius 2 is 1.38 bits per heavy atom. The molecule has 0 aliphatic rings. The lowest BCUT2D eigenvalue weighted by atomic mass is 10.0. The fourth-order valence-electron chi connectivity index (χ4n) is 3.50. The molecular weight excluding hydrogens is 322 g/mol. The van der Waals surface area contributed by atoms with Gasteiger partial charge in [0.15, 0.2) is 0 Å². The normalized spacial score (nSPS) is 11.0. The second-order valence-electron chi connectivity index (χ2n) is 6.32. The van der Waals surface area contributed by atoms with Crippen LogP contribution in [0.2, 0.25) is 0 Å². The number of benzene rings is 3. The van der Waals surface area contributed by atoms with Crippen LogP contribution in [0.3, 0.4) is 0 Å². The number of hydrogen-bond acceptors (Lipinski definition) is 2. The van der Waals surface area contributed by atoms with Crippen molar-refractivity contribution in [3.05, 3.63) is 83.9 Å². The second kappa shape index (κ2) is 6.60. The van der Waals surface area contributed by atoms with Crippen molar-refractivity contribution in [2.75, 3.05) is 0 Å². The second-order valence-corrected chi connectivity index (χ2v) is 6.32. The molecule has 0 atom stereocenters. The minimum Gasteiger partial charge on any atom is -0.423 e. The number of ether oxygens (including phenoxy) is 1. The van der Waals surface area contributed by atoms with Crippen molar-refractivity contribution < 1.29 is 14.1 Å². The maximum atomic E-state index is 13.2. The molecule has 0 aliphatic carbocycles. The number of fused-ring (bicyclic) bond motifs is 2. The Balaban J connectivity index is 1.94. The number of carbonyl (C=O) groups excluding carboxylic acids is 1. The summed E-state index contributed by atoms with van der Waals surface area (Å²) in [7, 11) is 2.02. The van der Waals surface area contributed by atoms with Gasteiger partial charge >= 0.3 is 5.97 Å². The predicted octanol–water partition coefficient (Wildman–Crippen LogP) is 4.60. The molecular formula is C23H20NO2+. The number of nitrogens with zero attached hydrogens (tertiary/aromatic N) is 1. The number of para-hydroxylation sites is 3. The smallest absolute Gasteiger partial charge is 0.345 e. The molecule has 0 N–H and O–H groups in total. The lowest BCUT2D eigenvalue weighted by molar-refractivity contribution is -0.617. The van der Waals surface area contributed by atoms with E-state index in [9.17, 15) is 4.79 Å². The SMILES string of the molecule is CCc1ccccc1OC(=O)c1c2ccccc2[n+](C)c2ccccc12. The molecule has 26 heavy (non-hydrogen) atoms. The van der Waals surface area contributed by atoms with E-state index < -0.39 is 0 Å². The molecule has 0 aliphatic heterocycles. The molecule has 3 nitrogen and oxygen atoms in total. The number of hydrogen-bond donors (Lipinski definition) is 0. The molecule has 0 spiro atoms. The van der Waals surface area contributed by atoms with Crippen LogP contribution < -0.4 is 9.30 Å². The fourth-order valence-corrected chi connectivity index (χ4v) is 3.50. The summed E-state index contributed by atoms with van der Waals surface area (Å²) in [4.78, 5) is 13.2. The number of aryl methyl sites for hydroxylation is 2. The Hall–Kier alpha value is -3.20. The molecule has 0 unspecified atom stereocenters. The Kier molecular flexibility index (Phi) is 4.13. The summed E-state index contributed by atoms with van der Waals surface area (Å²) in [5.41, 5.74) is 3.64. The Bertz CT molecular complexity index is 1070. The molecule has 0 fully saturated rings. The van der Waals surface area contributed by atoms with Crippen LogP contribution in [-0.4, -0.2) is 5.97 Å². The number of carbonyl (C=O) groups is 1. The molecule has 1 aromatic heterocycles. The monoisotopic (exact) mass is 342 g/mol. The van der Waals surface area contributed by atoms with Crippen LogP contribution >= 0.6 is 0 Å². The first-order chi connectivity index (χ1) is 12.7. The molecule has 3 heteroatoms. The molecule has 4 rings (SSSR count). The van der Waals surface area contributed by atoms with Gasteiger partial charge in [0.05, 0.1) is 16.3 Å². The van der Waals surface area contributed by atoms with Gasteiger partial charge in [0, 0.05) is 12.1 Å². The third-order valence-electron chi connectivity index (χ3n) is 4.83. The van der Waals surface area contributed by atoms with E-state index >= 15 is 0 Å². The highest BCUT2D eigenvalue weighted by atomic mass is 16.5. The molecule has 3 aromatic carbocycles. The van der Waals surface area contributed by atoms with E-state index in [4.69, 9.17) is 4.74 Å². The van der Waals surface area contributed by atoms with Gasteiger partial charge in [-0.15, -0.1) is 0 Å². The maximum absolute atomic E-state index is 13.2. The van der Waals surface area contributed by atoms with Gasteiger partial charge in [0.25, 0.3) is 0 Å². The molecule has 1 heterocycles. The number of rotatable bonds is 3. The third kappa shape index (κ3) is 2.62. The third-order valence-corrected chi connectivity index (χ3v) is 4.83. The van der Waals surface area contributed by atoms with Gasteiger partial charge in [0.2, 0.25) is 11.0 Å². The van der Waals surface area contributed by atoms with Crippen molar-refractivity contribution in [1.29, 1.82) is 0 Å². The van der Waals surface area contributed by atoms with Crippen LogP contribution in [0.1, 0.15) is 22.8 Å². The van der Waals surface area contributed by atoms with E-state index in [1.165, 1.54) is 0 Å². The predicted molar refractivity (Wildman–Crippen MR) is 103 cm³/mol. The molecule has 0 radical (unpaired) electrons. The average Bonchev–Trinajstić information content (AvgIpc) is 2.69. The van der Waals surface area contributed by atoms with E-state index in [-0.39, 0.29) is 5.97 Å². The van der Waals surface area contributed by atoms with Crippen molar-refractivity contribution in [3.8, 4) is 5.75 Å². The van der Waals surface area contributed by atoms with Crippen LogP contribution in [0.4, 0.5) is 0 Å². The first-order valence-corrected chi connectivity index (χ1v) is 8.80. The summed E-state index contributed by atoms with van der Waals surface area (Å²) < 4.78 is 7.94. The highest BCUT2D eigenvalue weighted by Crippen LogP contribution is 2.27. The van der Waals surface area contributed by atoms with Gasteiger partial charge in [-0.1, -0.05) is 49.4 Å². The number of aromatic nitrogens is 1. The fraction of sp³-hybridized carbons (Fsp3) is 0.130. The van der Waals surface area contributed by atoms with E-state index in [1.54, 1.807) is 0 Å². The van der Waals surface area contributed by atoms with Crippen LogP contribution in [0.25, 0.3) is 21.8 Å². The minimum atomic E-state index is -0.320. The quantitative estimate of drug-likeness (QED) is 0.236. The molecule has 4 aromatic rings. The van der Waals surface area contributed by atoms with Gasteiger partial charge in [-0.2, -0.15) is 4.57 Å². The van der Waals surface area contributed by atoms with Crippen LogP contribution in [0.5, 0.6) is 5.75 Å². The van der Waals surface area contributed by atoms with Crippen molar-refractivity contribution >= 4 is 27.8 Å². The van der Waals surface area contributed by atoms with Crippen LogP contribution in [-0.2, 0) is 13.5 Å². The summed E-state index contributed by atoms with van der Waals surface area (Å²) in [6, 6.07) is 23.6. The largest absolute Gasteiger partial charge is 0.423 e. The number of esters is 1.